The largest absolute Gasteiger partial charge is 0.309 e. The molecule has 16 heavy (non-hydrogen) atoms. The van der Waals surface area contributed by atoms with Crippen LogP contribution in [0.15, 0.2) is 34.9 Å². The summed E-state index contributed by atoms with van der Waals surface area (Å²) >= 11 is 0. The molecule has 0 atom stereocenters. The summed E-state index contributed by atoms with van der Waals surface area (Å²) in [5.41, 5.74) is 4.86. The third-order valence-corrected chi connectivity index (χ3v) is 3.80. The van der Waals surface area contributed by atoms with E-state index in [2.05, 4.69) is 28.4 Å². The quantitative estimate of drug-likeness (QED) is 0.709. The molecule has 0 saturated heterocycles. The van der Waals surface area contributed by atoms with E-state index in [4.69, 9.17) is 0 Å². The molecule has 86 valence electrons. The Morgan fingerprint density at radius 1 is 1.19 bits per heavy atom. The Kier molecular flexibility index (Phi) is 2.94. The van der Waals surface area contributed by atoms with Crippen molar-refractivity contribution in [3.63, 3.8) is 0 Å². The molecule has 3 rings (SSSR count). The zero-order valence-corrected chi connectivity index (χ0v) is 9.84. The summed E-state index contributed by atoms with van der Waals surface area (Å²) in [7, 11) is 0. The van der Waals surface area contributed by atoms with Crippen molar-refractivity contribution in [2.75, 3.05) is 32.7 Å². The molecule has 1 N–H and O–H groups in total. The van der Waals surface area contributed by atoms with Gasteiger partial charge >= 0.3 is 0 Å². The van der Waals surface area contributed by atoms with Crippen molar-refractivity contribution < 1.29 is 0 Å². The lowest BCUT2D eigenvalue weighted by Gasteiger charge is -2.28. The molecule has 2 heteroatoms. The molecular formula is C14H20N2. The first-order chi connectivity index (χ1) is 7.92. The van der Waals surface area contributed by atoms with Gasteiger partial charge in [0, 0.05) is 32.7 Å². The third-order valence-electron chi connectivity index (χ3n) is 3.80. The van der Waals surface area contributed by atoms with E-state index in [1.165, 1.54) is 37.9 Å². The first-order valence-corrected chi connectivity index (χ1v) is 6.40. The van der Waals surface area contributed by atoms with Gasteiger partial charge in [0.1, 0.15) is 0 Å². The summed E-state index contributed by atoms with van der Waals surface area (Å²) < 4.78 is 0. The van der Waals surface area contributed by atoms with Crippen molar-refractivity contribution in [3.05, 3.63) is 34.9 Å². The molecule has 1 aliphatic carbocycles. The highest BCUT2D eigenvalue weighted by Gasteiger charge is 2.22. The highest BCUT2D eigenvalue weighted by atomic mass is 15.1. The maximum absolute atomic E-state index is 3.46. The van der Waals surface area contributed by atoms with E-state index in [-0.39, 0.29) is 0 Å². The Morgan fingerprint density at radius 2 is 2.12 bits per heavy atom. The van der Waals surface area contributed by atoms with Gasteiger partial charge in [0.2, 0.25) is 0 Å². The zero-order chi connectivity index (χ0) is 10.8. The molecule has 0 aromatic rings. The van der Waals surface area contributed by atoms with Crippen LogP contribution in [0.25, 0.3) is 0 Å². The second kappa shape index (κ2) is 4.56. The first-order valence-electron chi connectivity index (χ1n) is 6.40. The standard InChI is InChI=1S/C14H20N2/c1-2-4-12(5-3-1)10-16-7-6-13-8-15-9-14(13)11-16/h2,4-5,15H,1,3,6-11H2. The monoisotopic (exact) mass is 216 g/mol. The Balaban J connectivity index is 1.61. The molecule has 0 aromatic carbocycles. The minimum atomic E-state index is 1.13. The van der Waals surface area contributed by atoms with Gasteiger partial charge in [-0.1, -0.05) is 23.8 Å². The fraction of sp³-hybridized carbons (Fsp3) is 0.571. The fourth-order valence-electron chi connectivity index (χ4n) is 2.87. The second-order valence-corrected chi connectivity index (χ2v) is 5.03. The summed E-state index contributed by atoms with van der Waals surface area (Å²) in [4.78, 5) is 2.59. The van der Waals surface area contributed by atoms with E-state index in [1.54, 1.807) is 11.1 Å². The lowest BCUT2D eigenvalue weighted by atomic mass is 10.0. The van der Waals surface area contributed by atoms with Crippen LogP contribution < -0.4 is 5.32 Å². The van der Waals surface area contributed by atoms with Crippen molar-refractivity contribution in [2.24, 2.45) is 0 Å². The van der Waals surface area contributed by atoms with Crippen molar-refractivity contribution >= 4 is 0 Å². The van der Waals surface area contributed by atoms with Gasteiger partial charge in [0.15, 0.2) is 0 Å². The van der Waals surface area contributed by atoms with E-state index >= 15 is 0 Å². The number of allylic oxidation sites excluding steroid dienone is 2. The molecule has 2 aliphatic heterocycles. The van der Waals surface area contributed by atoms with Crippen molar-refractivity contribution in [2.45, 2.75) is 19.3 Å². The number of rotatable bonds is 2. The normalized spacial score (nSPS) is 25.9. The van der Waals surface area contributed by atoms with Crippen LogP contribution in [0.4, 0.5) is 0 Å². The average molecular weight is 216 g/mol. The summed E-state index contributed by atoms with van der Waals surface area (Å²) in [6.07, 6.45) is 10.7. The summed E-state index contributed by atoms with van der Waals surface area (Å²) in [5, 5.41) is 3.46. The van der Waals surface area contributed by atoms with Crippen molar-refractivity contribution in [1.82, 2.24) is 10.2 Å². The van der Waals surface area contributed by atoms with Gasteiger partial charge in [-0.3, -0.25) is 4.90 Å². The summed E-state index contributed by atoms with van der Waals surface area (Å²) in [6.45, 7) is 5.85. The first kappa shape index (κ1) is 10.3. The predicted molar refractivity (Wildman–Crippen MR) is 67.4 cm³/mol. The van der Waals surface area contributed by atoms with Crippen LogP contribution >= 0.6 is 0 Å². The van der Waals surface area contributed by atoms with Gasteiger partial charge in [0.25, 0.3) is 0 Å². The summed E-state index contributed by atoms with van der Waals surface area (Å²) in [6, 6.07) is 0. The highest BCUT2D eigenvalue weighted by molar-refractivity contribution is 5.28. The third kappa shape index (κ3) is 2.13. The molecule has 0 aromatic heterocycles. The van der Waals surface area contributed by atoms with Crippen molar-refractivity contribution in [3.8, 4) is 0 Å². The van der Waals surface area contributed by atoms with Crippen LogP contribution in [0.2, 0.25) is 0 Å². The van der Waals surface area contributed by atoms with E-state index < -0.39 is 0 Å². The van der Waals surface area contributed by atoms with Gasteiger partial charge in [-0.05, 0) is 30.4 Å². The number of nitrogens with zero attached hydrogens (tertiary/aromatic N) is 1. The van der Waals surface area contributed by atoms with Gasteiger partial charge in [-0.2, -0.15) is 0 Å². The minimum absolute atomic E-state index is 1.13. The van der Waals surface area contributed by atoms with E-state index in [0.29, 0.717) is 0 Å². The Labute approximate surface area is 97.7 Å². The van der Waals surface area contributed by atoms with E-state index in [1.807, 2.05) is 0 Å². The molecule has 3 aliphatic rings. The highest BCUT2D eigenvalue weighted by Crippen LogP contribution is 2.22. The molecule has 2 nitrogen and oxygen atoms in total. The average Bonchev–Trinajstić information content (AvgIpc) is 2.77. The number of nitrogens with one attached hydrogen (secondary N) is 1. The molecule has 0 fully saturated rings. The zero-order valence-electron chi connectivity index (χ0n) is 9.84. The Morgan fingerprint density at radius 3 is 3.00 bits per heavy atom. The predicted octanol–water partition coefficient (Wildman–Crippen LogP) is 1.87. The minimum Gasteiger partial charge on any atom is -0.309 e. The fourth-order valence-corrected chi connectivity index (χ4v) is 2.87. The molecule has 0 unspecified atom stereocenters. The lowest BCUT2D eigenvalue weighted by molar-refractivity contribution is 0.312. The van der Waals surface area contributed by atoms with Crippen LogP contribution in [0, 0.1) is 0 Å². The molecule has 0 saturated carbocycles. The molecular weight excluding hydrogens is 196 g/mol. The Bertz CT molecular complexity index is 363. The van der Waals surface area contributed by atoms with Crippen LogP contribution in [0.3, 0.4) is 0 Å². The summed E-state index contributed by atoms with van der Waals surface area (Å²) in [5.74, 6) is 0. The van der Waals surface area contributed by atoms with E-state index in [0.717, 1.165) is 19.6 Å². The maximum Gasteiger partial charge on any atom is 0.0234 e. The van der Waals surface area contributed by atoms with Crippen LogP contribution in [0.5, 0.6) is 0 Å². The molecule has 0 spiro atoms. The van der Waals surface area contributed by atoms with Gasteiger partial charge < -0.3 is 5.32 Å². The molecule has 0 bridgehead atoms. The van der Waals surface area contributed by atoms with Crippen LogP contribution in [-0.4, -0.2) is 37.6 Å². The molecule has 2 heterocycles. The second-order valence-electron chi connectivity index (χ2n) is 5.03. The lowest BCUT2D eigenvalue weighted by Crippen LogP contribution is -2.33. The smallest absolute Gasteiger partial charge is 0.0234 e. The number of hydrogen-bond donors (Lipinski definition) is 1. The van der Waals surface area contributed by atoms with Gasteiger partial charge in [0.05, 0.1) is 0 Å². The van der Waals surface area contributed by atoms with Crippen molar-refractivity contribution in [1.29, 1.82) is 0 Å². The Hall–Kier alpha value is -0.860. The number of hydrogen-bond acceptors (Lipinski definition) is 2. The topological polar surface area (TPSA) is 15.3 Å². The maximum atomic E-state index is 3.46. The molecule has 0 radical (unpaired) electrons. The van der Waals surface area contributed by atoms with E-state index in [9.17, 15) is 0 Å². The molecule has 0 amide bonds. The van der Waals surface area contributed by atoms with Crippen LogP contribution in [-0.2, 0) is 0 Å². The van der Waals surface area contributed by atoms with Crippen LogP contribution in [0.1, 0.15) is 19.3 Å². The SMILES string of the molecule is C1=CC(CN2CCC3=C(CNC3)C2)=CCC1. The van der Waals surface area contributed by atoms with Gasteiger partial charge in [-0.15, -0.1) is 0 Å². The van der Waals surface area contributed by atoms with Gasteiger partial charge in [-0.25, -0.2) is 0 Å².